The van der Waals surface area contributed by atoms with E-state index >= 15 is 0 Å². The van der Waals surface area contributed by atoms with Crippen LogP contribution in [0.5, 0.6) is 0 Å². The summed E-state index contributed by atoms with van der Waals surface area (Å²) in [6.07, 6.45) is 2.51. The molecule has 0 aliphatic carbocycles. The Morgan fingerprint density at radius 2 is 2.27 bits per heavy atom. The number of nitrogens with one attached hydrogen (secondary N) is 1. The Kier molecular flexibility index (Phi) is 2.83. The Morgan fingerprint density at radius 1 is 1.40 bits per heavy atom. The molecule has 1 aromatic heterocycles. The van der Waals surface area contributed by atoms with E-state index in [2.05, 4.69) is 10.3 Å². The van der Waals surface area contributed by atoms with Crippen LogP contribution in [-0.4, -0.2) is 17.8 Å². The molecule has 0 radical (unpaired) electrons. The third-order valence-electron chi connectivity index (χ3n) is 2.08. The fourth-order valence-electron chi connectivity index (χ4n) is 1.43. The first-order valence-corrected chi connectivity index (χ1v) is 4.91. The second kappa shape index (κ2) is 4.28. The smallest absolute Gasteiger partial charge is 0.139 e. The standard InChI is InChI=1S/C11H9ClN2O/c12-8-1-2-9-10(14-5-6-15)3-4-13-11(9)7-8/h1-4,6-7H,5H2,(H,13,14). The summed E-state index contributed by atoms with van der Waals surface area (Å²) in [4.78, 5) is 14.5. The molecule has 0 bridgehead atoms. The second-order valence-corrected chi connectivity index (χ2v) is 3.50. The predicted molar refractivity (Wildman–Crippen MR) is 61.3 cm³/mol. The maximum absolute atomic E-state index is 10.3. The fourth-order valence-corrected chi connectivity index (χ4v) is 1.59. The third-order valence-corrected chi connectivity index (χ3v) is 2.32. The first-order chi connectivity index (χ1) is 7.31. The van der Waals surface area contributed by atoms with Crippen molar-refractivity contribution in [3.05, 3.63) is 35.5 Å². The lowest BCUT2D eigenvalue weighted by Gasteiger charge is -2.06. The molecule has 1 aromatic carbocycles. The zero-order valence-corrected chi connectivity index (χ0v) is 8.66. The van der Waals surface area contributed by atoms with Crippen molar-refractivity contribution in [3.63, 3.8) is 0 Å². The van der Waals surface area contributed by atoms with E-state index in [4.69, 9.17) is 11.6 Å². The van der Waals surface area contributed by atoms with Crippen LogP contribution in [0.25, 0.3) is 10.9 Å². The SMILES string of the molecule is O=CCNc1ccnc2cc(Cl)ccc12. The van der Waals surface area contributed by atoms with E-state index in [1.54, 1.807) is 18.3 Å². The molecule has 0 amide bonds. The van der Waals surface area contributed by atoms with E-state index in [1.165, 1.54) is 0 Å². The van der Waals surface area contributed by atoms with Gasteiger partial charge in [-0.1, -0.05) is 11.6 Å². The van der Waals surface area contributed by atoms with Gasteiger partial charge in [-0.25, -0.2) is 0 Å². The summed E-state index contributed by atoms with van der Waals surface area (Å²) in [5.41, 5.74) is 1.71. The second-order valence-electron chi connectivity index (χ2n) is 3.07. The molecule has 76 valence electrons. The number of fused-ring (bicyclic) bond motifs is 1. The van der Waals surface area contributed by atoms with E-state index in [0.29, 0.717) is 11.6 Å². The monoisotopic (exact) mass is 220 g/mol. The van der Waals surface area contributed by atoms with Crippen molar-refractivity contribution in [2.75, 3.05) is 11.9 Å². The number of nitrogens with zero attached hydrogens (tertiary/aromatic N) is 1. The van der Waals surface area contributed by atoms with Gasteiger partial charge in [0.2, 0.25) is 0 Å². The molecule has 0 saturated heterocycles. The maximum atomic E-state index is 10.3. The summed E-state index contributed by atoms with van der Waals surface area (Å²) in [5, 5.41) is 4.62. The van der Waals surface area contributed by atoms with Crippen molar-refractivity contribution in [1.82, 2.24) is 4.98 Å². The van der Waals surface area contributed by atoms with Crippen molar-refractivity contribution in [1.29, 1.82) is 0 Å². The molecule has 4 heteroatoms. The predicted octanol–water partition coefficient (Wildman–Crippen LogP) is 2.50. The fraction of sp³-hybridized carbons (Fsp3) is 0.0909. The molecule has 1 heterocycles. The minimum absolute atomic E-state index is 0.293. The highest BCUT2D eigenvalue weighted by Gasteiger charge is 2.01. The van der Waals surface area contributed by atoms with Gasteiger partial charge in [0.05, 0.1) is 12.1 Å². The molecule has 0 aliphatic rings. The maximum Gasteiger partial charge on any atom is 0.139 e. The number of hydrogen-bond acceptors (Lipinski definition) is 3. The number of hydrogen-bond donors (Lipinski definition) is 1. The van der Waals surface area contributed by atoms with Crippen molar-refractivity contribution in [2.45, 2.75) is 0 Å². The number of rotatable bonds is 3. The van der Waals surface area contributed by atoms with Crippen molar-refractivity contribution in [3.8, 4) is 0 Å². The largest absolute Gasteiger partial charge is 0.378 e. The highest BCUT2D eigenvalue weighted by molar-refractivity contribution is 6.31. The highest BCUT2D eigenvalue weighted by Crippen LogP contribution is 2.23. The molecule has 0 spiro atoms. The Hall–Kier alpha value is -1.61. The average molecular weight is 221 g/mol. The number of carbonyl (C=O) groups is 1. The van der Waals surface area contributed by atoms with Crippen LogP contribution in [0, 0.1) is 0 Å². The summed E-state index contributed by atoms with van der Waals surface area (Å²) >= 11 is 5.86. The van der Waals surface area contributed by atoms with Gasteiger partial charge in [0.15, 0.2) is 0 Å². The lowest BCUT2D eigenvalue weighted by atomic mass is 10.2. The van der Waals surface area contributed by atoms with E-state index in [-0.39, 0.29) is 0 Å². The van der Waals surface area contributed by atoms with Crippen LogP contribution >= 0.6 is 11.6 Å². The number of benzene rings is 1. The van der Waals surface area contributed by atoms with Crippen molar-refractivity contribution >= 4 is 34.5 Å². The van der Waals surface area contributed by atoms with E-state index < -0.39 is 0 Å². The summed E-state index contributed by atoms with van der Waals surface area (Å²) in [6.45, 7) is 0.293. The molecule has 0 atom stereocenters. The zero-order valence-electron chi connectivity index (χ0n) is 7.90. The van der Waals surface area contributed by atoms with Gasteiger partial charge in [-0.05, 0) is 24.3 Å². The third kappa shape index (κ3) is 2.07. The molecule has 0 fully saturated rings. The number of aromatic nitrogens is 1. The van der Waals surface area contributed by atoms with Gasteiger partial charge in [-0.15, -0.1) is 0 Å². The molecular weight excluding hydrogens is 212 g/mol. The number of carbonyl (C=O) groups excluding carboxylic acids is 1. The Bertz CT molecular complexity index is 499. The van der Waals surface area contributed by atoms with Gasteiger partial charge < -0.3 is 10.1 Å². The van der Waals surface area contributed by atoms with E-state index in [1.807, 2.05) is 12.1 Å². The minimum Gasteiger partial charge on any atom is -0.378 e. The molecule has 3 nitrogen and oxygen atoms in total. The van der Waals surface area contributed by atoms with Crippen LogP contribution in [0.4, 0.5) is 5.69 Å². The Morgan fingerprint density at radius 3 is 3.07 bits per heavy atom. The Labute approximate surface area is 92.1 Å². The number of pyridine rings is 1. The van der Waals surface area contributed by atoms with Gasteiger partial charge in [0.25, 0.3) is 0 Å². The quantitative estimate of drug-likeness (QED) is 0.809. The first kappa shape index (κ1) is 9.93. The van der Waals surface area contributed by atoms with Gasteiger partial charge >= 0.3 is 0 Å². The molecule has 2 rings (SSSR count). The van der Waals surface area contributed by atoms with E-state index in [0.717, 1.165) is 22.9 Å². The first-order valence-electron chi connectivity index (χ1n) is 4.53. The molecule has 2 aromatic rings. The van der Waals surface area contributed by atoms with Crippen LogP contribution < -0.4 is 5.32 Å². The number of aldehydes is 1. The number of halogens is 1. The lowest BCUT2D eigenvalue weighted by molar-refractivity contribution is -0.106. The Balaban J connectivity index is 2.50. The summed E-state index contributed by atoms with van der Waals surface area (Å²) < 4.78 is 0. The van der Waals surface area contributed by atoms with Gasteiger partial charge in [0, 0.05) is 22.3 Å². The molecule has 0 saturated carbocycles. The summed E-state index contributed by atoms with van der Waals surface area (Å²) in [5.74, 6) is 0. The van der Waals surface area contributed by atoms with Gasteiger partial charge in [-0.3, -0.25) is 4.98 Å². The van der Waals surface area contributed by atoms with Gasteiger partial charge in [-0.2, -0.15) is 0 Å². The molecule has 1 N–H and O–H groups in total. The van der Waals surface area contributed by atoms with Gasteiger partial charge in [0.1, 0.15) is 6.29 Å². The highest BCUT2D eigenvalue weighted by atomic mass is 35.5. The molecular formula is C11H9ClN2O. The normalized spacial score (nSPS) is 10.2. The minimum atomic E-state index is 0.293. The number of anilines is 1. The van der Waals surface area contributed by atoms with Crippen molar-refractivity contribution < 1.29 is 4.79 Å². The van der Waals surface area contributed by atoms with Crippen LogP contribution in [0.3, 0.4) is 0 Å². The summed E-state index contributed by atoms with van der Waals surface area (Å²) in [6, 6.07) is 7.32. The lowest BCUT2D eigenvalue weighted by Crippen LogP contribution is -2.02. The average Bonchev–Trinajstić information content (AvgIpc) is 2.25. The van der Waals surface area contributed by atoms with Crippen LogP contribution in [0.2, 0.25) is 5.02 Å². The molecule has 0 unspecified atom stereocenters. The summed E-state index contributed by atoms with van der Waals surface area (Å²) in [7, 11) is 0. The van der Waals surface area contributed by atoms with Crippen LogP contribution in [0.1, 0.15) is 0 Å². The van der Waals surface area contributed by atoms with Crippen molar-refractivity contribution in [2.24, 2.45) is 0 Å². The van der Waals surface area contributed by atoms with E-state index in [9.17, 15) is 4.79 Å². The zero-order chi connectivity index (χ0) is 10.7. The van der Waals surface area contributed by atoms with Crippen LogP contribution in [0.15, 0.2) is 30.5 Å². The molecule has 15 heavy (non-hydrogen) atoms. The topological polar surface area (TPSA) is 42.0 Å². The molecule has 0 aliphatic heterocycles. The van der Waals surface area contributed by atoms with Crippen LogP contribution in [-0.2, 0) is 4.79 Å².